The number of carbonyl (C=O) groups excluding carboxylic acids is 2. The van der Waals surface area contributed by atoms with Gasteiger partial charge >= 0.3 is 6.18 Å². The minimum Gasteiger partial charge on any atom is -0.488 e. The molecule has 3 rings (SSSR count). The minimum absolute atomic E-state index is 0.00628. The van der Waals surface area contributed by atoms with Crippen molar-refractivity contribution in [1.29, 1.82) is 0 Å². The third-order valence-corrected chi connectivity index (χ3v) is 6.15. The van der Waals surface area contributed by atoms with Gasteiger partial charge < -0.3 is 10.1 Å². The van der Waals surface area contributed by atoms with Crippen molar-refractivity contribution in [3.63, 3.8) is 0 Å². The van der Waals surface area contributed by atoms with Crippen LogP contribution in [0.5, 0.6) is 5.75 Å². The van der Waals surface area contributed by atoms with Crippen molar-refractivity contribution in [1.82, 2.24) is 5.43 Å². The molecule has 0 aliphatic rings. The van der Waals surface area contributed by atoms with Crippen LogP contribution >= 0.6 is 39.1 Å². The molecule has 0 atom stereocenters. The molecule has 0 aromatic heterocycles. The fourth-order valence-electron chi connectivity index (χ4n) is 2.96. The highest BCUT2D eigenvalue weighted by molar-refractivity contribution is 9.10. The molecule has 0 aliphatic carbocycles. The Morgan fingerprint density at radius 1 is 0.973 bits per heavy atom. The number of ether oxygens (including phenoxy) is 1. The predicted octanol–water partition coefficient (Wildman–Crippen LogP) is 7.22. The van der Waals surface area contributed by atoms with Gasteiger partial charge in [0, 0.05) is 18.5 Å². The van der Waals surface area contributed by atoms with E-state index >= 15 is 0 Å². The number of benzene rings is 3. The van der Waals surface area contributed by atoms with Crippen LogP contribution in [0.2, 0.25) is 10.0 Å². The number of amides is 2. The molecule has 0 aliphatic heterocycles. The Labute approximate surface area is 228 Å². The fraction of sp³-hybridized carbons (Fsp3) is 0.160. The van der Waals surface area contributed by atoms with Crippen molar-refractivity contribution in [2.45, 2.75) is 25.6 Å². The van der Waals surface area contributed by atoms with Gasteiger partial charge in [-0.3, -0.25) is 9.59 Å². The van der Waals surface area contributed by atoms with Crippen LogP contribution in [0.1, 0.15) is 29.5 Å². The minimum atomic E-state index is -4.52. The number of hydrazone groups is 1. The number of halogens is 6. The third kappa shape index (κ3) is 9.07. The first-order valence-electron chi connectivity index (χ1n) is 10.7. The molecule has 0 saturated heterocycles. The summed E-state index contributed by atoms with van der Waals surface area (Å²) in [5, 5.41) is 7.09. The van der Waals surface area contributed by atoms with Crippen molar-refractivity contribution >= 4 is 62.8 Å². The second-order valence-electron chi connectivity index (χ2n) is 7.65. The van der Waals surface area contributed by atoms with Crippen molar-refractivity contribution < 1.29 is 27.5 Å². The molecule has 2 amide bonds. The molecule has 6 nitrogen and oxygen atoms in total. The van der Waals surface area contributed by atoms with Crippen LogP contribution in [0.15, 0.2) is 70.2 Å². The third-order valence-electron chi connectivity index (χ3n) is 4.79. The van der Waals surface area contributed by atoms with E-state index in [0.29, 0.717) is 25.8 Å². The second kappa shape index (κ2) is 12.9. The maximum absolute atomic E-state index is 12.8. The quantitative estimate of drug-likeness (QED) is 0.197. The molecular formula is C25H19BrCl2F3N3O3. The smallest absolute Gasteiger partial charge is 0.416 e. The lowest BCUT2D eigenvalue weighted by atomic mass is 10.2. The zero-order valence-electron chi connectivity index (χ0n) is 18.9. The summed E-state index contributed by atoms with van der Waals surface area (Å²) in [5.74, 6) is -0.547. The van der Waals surface area contributed by atoms with Gasteiger partial charge in [-0.1, -0.05) is 35.3 Å². The highest BCUT2D eigenvalue weighted by Crippen LogP contribution is 2.31. The van der Waals surface area contributed by atoms with Gasteiger partial charge in [0.2, 0.25) is 11.8 Å². The van der Waals surface area contributed by atoms with Crippen molar-refractivity contribution in [3.8, 4) is 5.75 Å². The predicted molar refractivity (Wildman–Crippen MR) is 140 cm³/mol. The Morgan fingerprint density at radius 2 is 1.73 bits per heavy atom. The van der Waals surface area contributed by atoms with Gasteiger partial charge in [-0.25, -0.2) is 5.43 Å². The van der Waals surface area contributed by atoms with Crippen LogP contribution in [0.25, 0.3) is 0 Å². The summed E-state index contributed by atoms with van der Waals surface area (Å²) in [5.41, 5.74) is 2.92. The molecular weight excluding hydrogens is 598 g/mol. The number of nitrogens with zero attached hydrogens (tertiary/aromatic N) is 1. The highest BCUT2D eigenvalue weighted by atomic mass is 79.9. The molecule has 0 heterocycles. The molecule has 194 valence electrons. The fourth-order valence-corrected chi connectivity index (χ4v) is 3.80. The average molecular weight is 617 g/mol. The van der Waals surface area contributed by atoms with E-state index < -0.39 is 23.6 Å². The SMILES string of the molecule is O=C(CCC(=O)Nc1cccc(C(F)(F)F)c1)NN=Cc1ccc(OCc2ccc(Cl)c(Cl)c2)c(Br)c1. The van der Waals surface area contributed by atoms with E-state index in [0.717, 1.165) is 17.7 Å². The summed E-state index contributed by atoms with van der Waals surface area (Å²) < 4.78 is 44.7. The average Bonchev–Trinajstić information content (AvgIpc) is 2.84. The van der Waals surface area contributed by atoms with Gasteiger partial charge in [0.05, 0.1) is 26.3 Å². The van der Waals surface area contributed by atoms with E-state index in [1.807, 2.05) is 0 Å². The second-order valence-corrected chi connectivity index (χ2v) is 9.32. The Bertz CT molecular complexity index is 1320. The lowest BCUT2D eigenvalue weighted by Gasteiger charge is -2.10. The van der Waals surface area contributed by atoms with Gasteiger partial charge in [-0.15, -0.1) is 0 Å². The lowest BCUT2D eigenvalue weighted by molar-refractivity contribution is -0.137. The Balaban J connectivity index is 1.44. The summed E-state index contributed by atoms with van der Waals surface area (Å²) in [4.78, 5) is 23.9. The molecule has 3 aromatic carbocycles. The first-order valence-corrected chi connectivity index (χ1v) is 12.2. The van der Waals surface area contributed by atoms with Crippen LogP contribution in [-0.2, 0) is 22.4 Å². The zero-order valence-corrected chi connectivity index (χ0v) is 22.0. The zero-order chi connectivity index (χ0) is 27.0. The summed E-state index contributed by atoms with van der Waals surface area (Å²) in [6, 6.07) is 14.7. The topological polar surface area (TPSA) is 79.8 Å². The summed E-state index contributed by atoms with van der Waals surface area (Å²) in [7, 11) is 0. The number of hydrogen-bond acceptors (Lipinski definition) is 4. The molecule has 0 radical (unpaired) electrons. The van der Waals surface area contributed by atoms with Crippen LogP contribution in [0.3, 0.4) is 0 Å². The Hall–Kier alpha value is -3.08. The summed E-state index contributed by atoms with van der Waals surface area (Å²) in [6.45, 7) is 0.278. The first-order chi connectivity index (χ1) is 17.5. The molecule has 0 saturated carbocycles. The van der Waals surface area contributed by atoms with Gasteiger partial charge in [-0.05, 0) is 75.6 Å². The molecule has 12 heteroatoms. The first kappa shape index (κ1) is 28.5. The van der Waals surface area contributed by atoms with E-state index in [4.69, 9.17) is 27.9 Å². The van der Waals surface area contributed by atoms with Gasteiger partial charge in [-0.2, -0.15) is 18.3 Å². The van der Waals surface area contributed by atoms with Gasteiger partial charge in [0.25, 0.3) is 0 Å². The largest absolute Gasteiger partial charge is 0.488 e. The maximum atomic E-state index is 12.8. The number of rotatable bonds is 9. The molecule has 37 heavy (non-hydrogen) atoms. The standard InChI is InChI=1S/C25H19BrCl2F3N3O3/c26-19-10-15(5-7-22(19)37-14-16-4-6-20(27)21(28)11-16)13-32-34-24(36)9-8-23(35)33-18-3-1-2-17(12-18)25(29,30)31/h1-7,10-13H,8-9,14H2,(H,33,35)(H,34,36). The van der Waals surface area contributed by atoms with E-state index in [1.54, 1.807) is 36.4 Å². The molecule has 0 bridgehead atoms. The number of anilines is 1. The summed E-state index contributed by atoms with van der Waals surface area (Å²) >= 11 is 15.3. The van der Waals surface area contributed by atoms with Crippen LogP contribution in [0.4, 0.5) is 18.9 Å². The Kier molecular flexibility index (Phi) is 9.96. The molecule has 2 N–H and O–H groups in total. The van der Waals surface area contributed by atoms with Crippen LogP contribution in [-0.4, -0.2) is 18.0 Å². The summed E-state index contributed by atoms with van der Waals surface area (Å²) in [6.07, 6.45) is -3.54. The van der Waals surface area contributed by atoms with E-state index in [9.17, 15) is 22.8 Å². The molecule has 0 spiro atoms. The Morgan fingerprint density at radius 3 is 2.43 bits per heavy atom. The van der Waals surface area contributed by atoms with Gasteiger partial charge in [0.1, 0.15) is 12.4 Å². The van der Waals surface area contributed by atoms with Gasteiger partial charge in [0.15, 0.2) is 0 Å². The molecule has 3 aromatic rings. The van der Waals surface area contributed by atoms with Crippen LogP contribution in [0, 0.1) is 0 Å². The normalized spacial score (nSPS) is 11.4. The number of nitrogens with one attached hydrogen (secondary N) is 2. The van der Waals surface area contributed by atoms with E-state index in [2.05, 4.69) is 31.8 Å². The van der Waals surface area contributed by atoms with E-state index in [1.165, 1.54) is 18.3 Å². The number of carbonyl (C=O) groups is 2. The number of alkyl halides is 3. The van der Waals surface area contributed by atoms with E-state index in [-0.39, 0.29) is 25.1 Å². The monoisotopic (exact) mass is 615 g/mol. The van der Waals surface area contributed by atoms with Crippen molar-refractivity contribution in [2.24, 2.45) is 5.10 Å². The molecule has 0 unspecified atom stereocenters. The van der Waals surface area contributed by atoms with Crippen LogP contribution < -0.4 is 15.5 Å². The molecule has 0 fully saturated rings. The van der Waals surface area contributed by atoms with Crippen molar-refractivity contribution in [3.05, 3.63) is 91.9 Å². The van der Waals surface area contributed by atoms with Crippen molar-refractivity contribution in [2.75, 3.05) is 5.32 Å². The number of hydrogen-bond donors (Lipinski definition) is 2. The highest BCUT2D eigenvalue weighted by Gasteiger charge is 2.30. The lowest BCUT2D eigenvalue weighted by Crippen LogP contribution is -2.20. The maximum Gasteiger partial charge on any atom is 0.416 e.